The molecule has 0 aliphatic carbocycles. The number of benzene rings is 1. The third kappa shape index (κ3) is 2.23. The number of rotatable bonds is 4. The molecule has 0 radical (unpaired) electrons. The van der Waals surface area contributed by atoms with Crippen LogP contribution in [0.3, 0.4) is 0 Å². The van der Waals surface area contributed by atoms with Crippen LogP contribution in [0.4, 0.5) is 11.5 Å². The first-order valence-corrected chi connectivity index (χ1v) is 6.40. The molecule has 0 saturated carbocycles. The van der Waals surface area contributed by atoms with Gasteiger partial charge in [0.25, 0.3) is 0 Å². The molecule has 0 saturated heterocycles. The van der Waals surface area contributed by atoms with Crippen LogP contribution in [0.25, 0.3) is 10.9 Å². The average molecular weight is 244 g/mol. The molecular formula is C14H20N4. The molecule has 2 rings (SSSR count). The third-order valence-corrected chi connectivity index (χ3v) is 3.46. The highest BCUT2D eigenvalue weighted by Crippen LogP contribution is 2.26. The zero-order chi connectivity index (χ0) is 13.1. The number of anilines is 2. The van der Waals surface area contributed by atoms with E-state index in [2.05, 4.69) is 35.8 Å². The van der Waals surface area contributed by atoms with Crippen molar-refractivity contribution >= 4 is 22.4 Å². The summed E-state index contributed by atoms with van der Waals surface area (Å²) in [4.78, 5) is 10.9. The molecule has 0 fully saturated rings. The Morgan fingerprint density at radius 1 is 1.22 bits per heavy atom. The van der Waals surface area contributed by atoms with Gasteiger partial charge in [0.2, 0.25) is 0 Å². The van der Waals surface area contributed by atoms with Gasteiger partial charge >= 0.3 is 0 Å². The largest absolute Gasteiger partial charge is 0.399 e. The fourth-order valence-electron chi connectivity index (χ4n) is 2.35. The molecular weight excluding hydrogens is 224 g/mol. The minimum atomic E-state index is 0.490. The molecule has 1 heterocycles. The van der Waals surface area contributed by atoms with E-state index in [1.807, 2.05) is 18.2 Å². The SMILES string of the molecule is CCC(CC)N(C)c1ncnc2ccc(N)cc12. The van der Waals surface area contributed by atoms with Gasteiger partial charge in [-0.05, 0) is 31.0 Å². The van der Waals surface area contributed by atoms with Crippen LogP contribution in [0.2, 0.25) is 0 Å². The molecule has 0 spiro atoms. The Labute approximate surface area is 108 Å². The molecule has 1 aromatic carbocycles. The molecule has 4 heteroatoms. The highest BCUT2D eigenvalue weighted by molar-refractivity contribution is 5.91. The number of aromatic nitrogens is 2. The predicted molar refractivity (Wildman–Crippen MR) is 76.7 cm³/mol. The molecule has 0 atom stereocenters. The lowest BCUT2D eigenvalue weighted by Crippen LogP contribution is -2.31. The first-order valence-electron chi connectivity index (χ1n) is 6.40. The fourth-order valence-corrected chi connectivity index (χ4v) is 2.35. The van der Waals surface area contributed by atoms with E-state index in [1.54, 1.807) is 6.33 Å². The first-order chi connectivity index (χ1) is 8.67. The first kappa shape index (κ1) is 12.6. The summed E-state index contributed by atoms with van der Waals surface area (Å²) in [5, 5.41) is 1.02. The summed E-state index contributed by atoms with van der Waals surface area (Å²) in [7, 11) is 2.09. The van der Waals surface area contributed by atoms with Gasteiger partial charge in [-0.1, -0.05) is 13.8 Å². The lowest BCUT2D eigenvalue weighted by Gasteiger charge is -2.28. The summed E-state index contributed by atoms with van der Waals surface area (Å²) in [5.74, 6) is 0.959. The number of hydrogen-bond donors (Lipinski definition) is 1. The van der Waals surface area contributed by atoms with Gasteiger partial charge in [0, 0.05) is 24.2 Å². The van der Waals surface area contributed by atoms with Crippen LogP contribution >= 0.6 is 0 Å². The molecule has 1 aromatic heterocycles. The maximum atomic E-state index is 5.86. The Morgan fingerprint density at radius 3 is 2.61 bits per heavy atom. The molecule has 0 bridgehead atoms. The van der Waals surface area contributed by atoms with E-state index in [9.17, 15) is 0 Å². The molecule has 0 amide bonds. The second-order valence-corrected chi connectivity index (χ2v) is 4.56. The van der Waals surface area contributed by atoms with Crippen molar-refractivity contribution in [3.8, 4) is 0 Å². The smallest absolute Gasteiger partial charge is 0.139 e. The Balaban J connectivity index is 2.53. The van der Waals surface area contributed by atoms with E-state index in [4.69, 9.17) is 5.73 Å². The normalized spacial score (nSPS) is 11.1. The van der Waals surface area contributed by atoms with E-state index < -0.39 is 0 Å². The molecule has 18 heavy (non-hydrogen) atoms. The molecule has 2 aromatic rings. The van der Waals surface area contributed by atoms with Crippen molar-refractivity contribution in [3.63, 3.8) is 0 Å². The summed E-state index contributed by atoms with van der Waals surface area (Å²) in [5.41, 5.74) is 7.54. The molecule has 0 aliphatic rings. The zero-order valence-electron chi connectivity index (χ0n) is 11.2. The second kappa shape index (κ2) is 5.21. The van der Waals surface area contributed by atoms with Crippen LogP contribution in [0.1, 0.15) is 26.7 Å². The van der Waals surface area contributed by atoms with E-state index >= 15 is 0 Å². The van der Waals surface area contributed by atoms with Gasteiger partial charge < -0.3 is 10.6 Å². The quantitative estimate of drug-likeness (QED) is 0.840. The topological polar surface area (TPSA) is 55.0 Å². The number of nitrogens with two attached hydrogens (primary N) is 1. The number of fused-ring (bicyclic) bond motifs is 1. The van der Waals surface area contributed by atoms with Crippen LogP contribution in [-0.4, -0.2) is 23.1 Å². The van der Waals surface area contributed by atoms with E-state index in [-0.39, 0.29) is 0 Å². The van der Waals surface area contributed by atoms with Crippen molar-refractivity contribution in [1.82, 2.24) is 9.97 Å². The van der Waals surface area contributed by atoms with Gasteiger partial charge in [-0.2, -0.15) is 0 Å². The predicted octanol–water partition coefficient (Wildman–Crippen LogP) is 2.84. The second-order valence-electron chi connectivity index (χ2n) is 4.56. The lowest BCUT2D eigenvalue weighted by molar-refractivity contribution is 0.588. The number of nitrogen functional groups attached to an aromatic ring is 1. The summed E-state index contributed by atoms with van der Waals surface area (Å²) in [6, 6.07) is 6.25. The Bertz CT molecular complexity index is 534. The van der Waals surface area contributed by atoms with Crippen molar-refractivity contribution in [3.05, 3.63) is 24.5 Å². The minimum absolute atomic E-state index is 0.490. The van der Waals surface area contributed by atoms with Crippen LogP contribution in [0.5, 0.6) is 0 Å². The summed E-state index contributed by atoms with van der Waals surface area (Å²) >= 11 is 0. The highest BCUT2D eigenvalue weighted by Gasteiger charge is 2.15. The summed E-state index contributed by atoms with van der Waals surface area (Å²) in [6.45, 7) is 4.39. The van der Waals surface area contributed by atoms with Gasteiger partial charge in [-0.25, -0.2) is 9.97 Å². The highest BCUT2D eigenvalue weighted by atomic mass is 15.2. The van der Waals surface area contributed by atoms with Crippen molar-refractivity contribution in [2.45, 2.75) is 32.7 Å². The van der Waals surface area contributed by atoms with Crippen molar-refractivity contribution in [2.24, 2.45) is 0 Å². The van der Waals surface area contributed by atoms with Crippen molar-refractivity contribution < 1.29 is 0 Å². The van der Waals surface area contributed by atoms with Gasteiger partial charge in [0.05, 0.1) is 5.52 Å². The van der Waals surface area contributed by atoms with Gasteiger partial charge in [-0.3, -0.25) is 0 Å². The maximum absolute atomic E-state index is 5.86. The van der Waals surface area contributed by atoms with Gasteiger partial charge in [0.15, 0.2) is 0 Å². The van der Waals surface area contributed by atoms with Crippen molar-refractivity contribution in [1.29, 1.82) is 0 Å². The minimum Gasteiger partial charge on any atom is -0.399 e. The van der Waals surface area contributed by atoms with Crippen molar-refractivity contribution in [2.75, 3.05) is 17.7 Å². The van der Waals surface area contributed by atoms with Crippen LogP contribution in [0, 0.1) is 0 Å². The van der Waals surface area contributed by atoms with E-state index in [0.29, 0.717) is 6.04 Å². The number of nitrogens with zero attached hydrogens (tertiary/aromatic N) is 3. The van der Waals surface area contributed by atoms with E-state index in [0.717, 1.165) is 35.2 Å². The van der Waals surface area contributed by atoms with E-state index in [1.165, 1.54) is 0 Å². The molecule has 4 nitrogen and oxygen atoms in total. The van der Waals surface area contributed by atoms with Gasteiger partial charge in [-0.15, -0.1) is 0 Å². The van der Waals surface area contributed by atoms with Crippen LogP contribution in [-0.2, 0) is 0 Å². The molecule has 96 valence electrons. The average Bonchev–Trinajstić information content (AvgIpc) is 2.39. The summed E-state index contributed by atoms with van der Waals surface area (Å²) < 4.78 is 0. The standard InChI is InChI=1S/C14H20N4/c1-4-11(5-2)18(3)14-12-8-10(15)6-7-13(12)16-9-17-14/h6-9,11H,4-5,15H2,1-3H3. The lowest BCUT2D eigenvalue weighted by atomic mass is 10.1. The fraction of sp³-hybridized carbons (Fsp3) is 0.429. The number of hydrogen-bond acceptors (Lipinski definition) is 4. The molecule has 0 unspecified atom stereocenters. The third-order valence-electron chi connectivity index (χ3n) is 3.46. The Morgan fingerprint density at radius 2 is 1.94 bits per heavy atom. The Kier molecular flexibility index (Phi) is 3.65. The summed E-state index contributed by atoms with van der Waals surface area (Å²) in [6.07, 6.45) is 3.81. The van der Waals surface area contributed by atoms with Crippen LogP contribution < -0.4 is 10.6 Å². The van der Waals surface area contributed by atoms with Crippen LogP contribution in [0.15, 0.2) is 24.5 Å². The Hall–Kier alpha value is -1.84. The molecule has 0 aliphatic heterocycles. The van der Waals surface area contributed by atoms with Gasteiger partial charge in [0.1, 0.15) is 12.1 Å². The zero-order valence-corrected chi connectivity index (χ0v) is 11.2. The molecule has 2 N–H and O–H groups in total. The maximum Gasteiger partial charge on any atom is 0.139 e. The monoisotopic (exact) mass is 244 g/mol.